The summed E-state index contributed by atoms with van der Waals surface area (Å²) in [7, 11) is 0. The van der Waals surface area contributed by atoms with Crippen LogP contribution in [0.15, 0.2) is 24.3 Å². The van der Waals surface area contributed by atoms with Gasteiger partial charge in [0.1, 0.15) is 0 Å². The smallest absolute Gasteiger partial charge is 0.256 e. The molecule has 0 spiro atoms. The Hall–Kier alpha value is -1.55. The van der Waals surface area contributed by atoms with E-state index in [1.54, 1.807) is 4.90 Å². The second-order valence-electron chi connectivity index (χ2n) is 7.31. The lowest BCUT2D eigenvalue weighted by atomic mass is 10.0. The van der Waals surface area contributed by atoms with Gasteiger partial charge in [-0.3, -0.25) is 4.79 Å². The first-order chi connectivity index (χ1) is 11.7. The van der Waals surface area contributed by atoms with Crippen molar-refractivity contribution in [1.29, 1.82) is 0 Å². The van der Waals surface area contributed by atoms with Crippen molar-refractivity contribution in [2.75, 3.05) is 25.0 Å². The number of benzene rings is 1. The third-order valence-corrected chi connectivity index (χ3v) is 5.42. The molecule has 1 saturated carbocycles. The maximum absolute atomic E-state index is 12.8. The van der Waals surface area contributed by atoms with Crippen LogP contribution in [-0.4, -0.2) is 41.7 Å². The Labute approximate surface area is 145 Å². The number of nitrogens with zero attached hydrogens (tertiary/aromatic N) is 1. The van der Waals surface area contributed by atoms with Crippen LogP contribution in [0.25, 0.3) is 0 Å². The summed E-state index contributed by atoms with van der Waals surface area (Å²) in [5, 5.41) is 13.3. The number of nitrogens with one attached hydrogen (secondary N) is 1. The van der Waals surface area contributed by atoms with Crippen molar-refractivity contribution in [3.05, 3.63) is 29.8 Å². The molecular weight excluding hydrogens is 300 g/mol. The minimum atomic E-state index is -0.380. The van der Waals surface area contributed by atoms with Gasteiger partial charge in [0.05, 0.1) is 11.7 Å². The molecule has 2 N–H and O–H groups in total. The van der Waals surface area contributed by atoms with E-state index in [0.29, 0.717) is 6.54 Å². The predicted octanol–water partition coefficient (Wildman–Crippen LogP) is 3.67. The number of β-amino-alcohol motifs (C(OH)–C–C–N with tert-alkyl or cyclic N) is 1. The van der Waals surface area contributed by atoms with Crippen molar-refractivity contribution in [3.63, 3.8) is 0 Å². The number of anilines is 1. The summed E-state index contributed by atoms with van der Waals surface area (Å²) in [5.41, 5.74) is 1.65. The number of rotatable bonds is 6. The Balaban J connectivity index is 1.54. The molecule has 3 rings (SSSR count). The predicted molar refractivity (Wildman–Crippen MR) is 97.3 cm³/mol. The topological polar surface area (TPSA) is 52.6 Å². The molecular formula is C20H30N2O2. The first kappa shape index (κ1) is 17.3. The molecule has 24 heavy (non-hydrogen) atoms. The van der Waals surface area contributed by atoms with Gasteiger partial charge < -0.3 is 15.3 Å². The normalized spacial score (nSPS) is 21.9. The molecule has 132 valence electrons. The number of hydrogen-bond donors (Lipinski definition) is 2. The van der Waals surface area contributed by atoms with Gasteiger partial charge in [0, 0.05) is 25.3 Å². The van der Waals surface area contributed by atoms with E-state index in [2.05, 4.69) is 5.32 Å². The molecule has 0 bridgehead atoms. The summed E-state index contributed by atoms with van der Waals surface area (Å²) in [6, 6.07) is 7.77. The fourth-order valence-electron chi connectivity index (χ4n) is 4.05. The molecule has 0 unspecified atom stereocenters. The SMILES string of the molecule is O=C(c1ccccc1NCCCC1CCCC1)N1CCC[C@@H](O)C1. The van der Waals surface area contributed by atoms with Crippen LogP contribution < -0.4 is 5.32 Å². The number of hydrogen-bond acceptors (Lipinski definition) is 3. The lowest BCUT2D eigenvalue weighted by molar-refractivity contribution is 0.0474. The van der Waals surface area contributed by atoms with Gasteiger partial charge in [-0.05, 0) is 43.7 Å². The third-order valence-electron chi connectivity index (χ3n) is 5.42. The van der Waals surface area contributed by atoms with Gasteiger partial charge >= 0.3 is 0 Å². The summed E-state index contributed by atoms with van der Waals surface area (Å²) in [6.45, 7) is 2.12. The van der Waals surface area contributed by atoms with Crippen LogP contribution in [0.3, 0.4) is 0 Å². The number of piperidine rings is 1. The molecule has 2 aliphatic rings. The average molecular weight is 330 g/mol. The number of amides is 1. The highest BCUT2D eigenvalue weighted by atomic mass is 16.3. The second kappa shape index (κ2) is 8.52. The minimum absolute atomic E-state index is 0.0349. The molecule has 1 aromatic rings. The zero-order valence-electron chi connectivity index (χ0n) is 14.5. The molecule has 1 heterocycles. The van der Waals surface area contributed by atoms with E-state index in [1.807, 2.05) is 24.3 Å². The molecule has 1 aliphatic heterocycles. The number of carbonyl (C=O) groups excluding carboxylic acids is 1. The monoisotopic (exact) mass is 330 g/mol. The first-order valence-corrected chi connectivity index (χ1v) is 9.54. The molecule has 1 saturated heterocycles. The summed E-state index contributed by atoms with van der Waals surface area (Å²) in [6.07, 6.45) is 9.34. The van der Waals surface area contributed by atoms with Gasteiger partial charge in [-0.15, -0.1) is 0 Å². The van der Waals surface area contributed by atoms with E-state index in [1.165, 1.54) is 32.1 Å². The zero-order chi connectivity index (χ0) is 16.8. The standard InChI is InChI=1S/C20H30N2O2/c23-17-10-6-14-22(15-17)20(24)18-11-3-4-12-19(18)21-13-5-9-16-7-1-2-8-16/h3-4,11-12,16-17,21,23H,1-2,5-10,13-15H2/t17-/m1/s1. The van der Waals surface area contributed by atoms with Gasteiger partial charge in [0.25, 0.3) is 5.91 Å². The van der Waals surface area contributed by atoms with Crippen molar-refractivity contribution in [3.8, 4) is 0 Å². The van der Waals surface area contributed by atoms with Gasteiger partial charge in [-0.1, -0.05) is 37.8 Å². The van der Waals surface area contributed by atoms with Crippen LogP contribution in [0.1, 0.15) is 61.7 Å². The molecule has 2 fully saturated rings. The summed E-state index contributed by atoms with van der Waals surface area (Å²) < 4.78 is 0. The largest absolute Gasteiger partial charge is 0.391 e. The molecule has 1 amide bonds. The summed E-state index contributed by atoms with van der Waals surface area (Å²) in [4.78, 5) is 14.6. The van der Waals surface area contributed by atoms with Crippen LogP contribution >= 0.6 is 0 Å². The third kappa shape index (κ3) is 4.50. The summed E-state index contributed by atoms with van der Waals surface area (Å²) >= 11 is 0. The molecule has 1 atom stereocenters. The number of aliphatic hydroxyl groups is 1. The van der Waals surface area contributed by atoms with E-state index >= 15 is 0 Å². The van der Waals surface area contributed by atoms with Gasteiger partial charge in [0.2, 0.25) is 0 Å². The first-order valence-electron chi connectivity index (χ1n) is 9.54. The van der Waals surface area contributed by atoms with E-state index in [9.17, 15) is 9.90 Å². The highest BCUT2D eigenvalue weighted by molar-refractivity contribution is 5.99. The van der Waals surface area contributed by atoms with Gasteiger partial charge in [-0.25, -0.2) is 0 Å². The van der Waals surface area contributed by atoms with Crippen molar-refractivity contribution < 1.29 is 9.90 Å². The van der Waals surface area contributed by atoms with Crippen molar-refractivity contribution in [1.82, 2.24) is 4.90 Å². The van der Waals surface area contributed by atoms with Gasteiger partial charge in [-0.2, -0.15) is 0 Å². The van der Waals surface area contributed by atoms with Crippen LogP contribution in [-0.2, 0) is 0 Å². The minimum Gasteiger partial charge on any atom is -0.391 e. The molecule has 4 heteroatoms. The molecule has 4 nitrogen and oxygen atoms in total. The lowest BCUT2D eigenvalue weighted by Crippen LogP contribution is -2.42. The number of carbonyl (C=O) groups is 1. The lowest BCUT2D eigenvalue weighted by Gasteiger charge is -2.30. The van der Waals surface area contributed by atoms with E-state index in [4.69, 9.17) is 0 Å². The maximum atomic E-state index is 12.8. The molecule has 1 aromatic carbocycles. The van der Waals surface area contributed by atoms with Gasteiger partial charge in [0.15, 0.2) is 0 Å². The fourth-order valence-corrected chi connectivity index (χ4v) is 4.05. The highest BCUT2D eigenvalue weighted by Crippen LogP contribution is 2.28. The van der Waals surface area contributed by atoms with Crippen LogP contribution in [0.5, 0.6) is 0 Å². The summed E-state index contributed by atoms with van der Waals surface area (Å²) in [5.74, 6) is 0.950. The Morgan fingerprint density at radius 2 is 1.96 bits per heavy atom. The Morgan fingerprint density at radius 1 is 1.17 bits per heavy atom. The Kier molecular flexibility index (Phi) is 6.13. The zero-order valence-corrected chi connectivity index (χ0v) is 14.5. The quantitative estimate of drug-likeness (QED) is 0.783. The van der Waals surface area contributed by atoms with E-state index in [-0.39, 0.29) is 12.0 Å². The van der Waals surface area contributed by atoms with Crippen LogP contribution in [0.2, 0.25) is 0 Å². The van der Waals surface area contributed by atoms with Crippen molar-refractivity contribution >= 4 is 11.6 Å². The highest BCUT2D eigenvalue weighted by Gasteiger charge is 2.24. The van der Waals surface area contributed by atoms with Crippen LogP contribution in [0, 0.1) is 5.92 Å². The molecule has 0 aromatic heterocycles. The average Bonchev–Trinajstić information content (AvgIpc) is 3.12. The fraction of sp³-hybridized carbons (Fsp3) is 0.650. The maximum Gasteiger partial charge on any atom is 0.256 e. The van der Waals surface area contributed by atoms with Crippen molar-refractivity contribution in [2.24, 2.45) is 5.92 Å². The number of likely N-dealkylation sites (tertiary alicyclic amines) is 1. The van der Waals surface area contributed by atoms with E-state index < -0.39 is 0 Å². The number of para-hydroxylation sites is 1. The molecule has 1 aliphatic carbocycles. The molecule has 0 radical (unpaired) electrons. The van der Waals surface area contributed by atoms with Crippen molar-refractivity contribution in [2.45, 2.75) is 57.5 Å². The van der Waals surface area contributed by atoms with E-state index in [0.717, 1.165) is 49.5 Å². The van der Waals surface area contributed by atoms with Crippen LogP contribution in [0.4, 0.5) is 5.69 Å². The Morgan fingerprint density at radius 3 is 2.75 bits per heavy atom. The second-order valence-corrected chi connectivity index (χ2v) is 7.31. The number of aliphatic hydroxyl groups excluding tert-OH is 1. The Bertz CT molecular complexity index is 540.